The first-order chi connectivity index (χ1) is 18.8. The van der Waals surface area contributed by atoms with Gasteiger partial charge in [0.15, 0.2) is 0 Å². The quantitative estimate of drug-likeness (QED) is 0.0964. The molecule has 0 spiro atoms. The van der Waals surface area contributed by atoms with E-state index < -0.39 is 11.9 Å². The molecule has 0 saturated carbocycles. The Morgan fingerprint density at radius 2 is 1.08 bits per heavy atom. The summed E-state index contributed by atoms with van der Waals surface area (Å²) in [5.74, 6) is 0.480. The minimum atomic E-state index is -0.442. The van der Waals surface area contributed by atoms with Gasteiger partial charge in [-0.1, -0.05) is 49.0 Å². The van der Waals surface area contributed by atoms with E-state index in [1.165, 1.54) is 0 Å². The molecule has 0 aliphatic rings. The van der Waals surface area contributed by atoms with Crippen molar-refractivity contribution in [2.75, 3.05) is 52.9 Å². The van der Waals surface area contributed by atoms with E-state index in [9.17, 15) is 9.59 Å². The lowest BCUT2D eigenvalue weighted by molar-refractivity contribution is -0.141. The minimum absolute atomic E-state index is 0.141. The number of rotatable bonds is 16. The van der Waals surface area contributed by atoms with Crippen LogP contribution in [0.15, 0.2) is 66.8 Å². The standard InChI is InChI=1S/C30H33ClO8/c1-20(2)29(32)38-17-13-34-11-15-36-27-23-7-5-6-8-24(23)28(26-19-22(31)9-10-25(26)27)37-16-12-35-14-18-39-30(33)21(3)4/h5-10,19H,1,3,11-18H2,2,4H3. The number of carbonyl (C=O) groups is 2. The second kappa shape index (κ2) is 15.1. The number of hydrogen-bond donors (Lipinski definition) is 0. The fraction of sp³-hybridized carbons (Fsp3) is 0.333. The zero-order chi connectivity index (χ0) is 28.2. The second-order valence-corrected chi connectivity index (χ2v) is 9.08. The third kappa shape index (κ3) is 8.71. The van der Waals surface area contributed by atoms with E-state index in [1.807, 2.05) is 36.4 Å². The molecule has 0 heterocycles. The molecule has 0 N–H and O–H groups in total. The Labute approximate surface area is 233 Å². The molecule has 0 saturated heterocycles. The van der Waals surface area contributed by atoms with Crippen LogP contribution in [-0.4, -0.2) is 64.8 Å². The fourth-order valence-electron chi connectivity index (χ4n) is 3.63. The fourth-order valence-corrected chi connectivity index (χ4v) is 3.80. The van der Waals surface area contributed by atoms with Gasteiger partial charge >= 0.3 is 11.9 Å². The lowest BCUT2D eigenvalue weighted by Gasteiger charge is -2.18. The monoisotopic (exact) mass is 556 g/mol. The predicted octanol–water partition coefficient (Wildman–Crippen LogP) is 5.68. The molecule has 0 aromatic heterocycles. The average molecular weight is 557 g/mol. The highest BCUT2D eigenvalue weighted by Gasteiger charge is 2.17. The Morgan fingerprint density at radius 3 is 1.56 bits per heavy atom. The number of fused-ring (bicyclic) bond motifs is 2. The summed E-state index contributed by atoms with van der Waals surface area (Å²) in [5, 5.41) is 3.96. The van der Waals surface area contributed by atoms with Crippen molar-refractivity contribution < 1.29 is 38.0 Å². The van der Waals surface area contributed by atoms with Gasteiger partial charge in [0, 0.05) is 37.7 Å². The third-order valence-corrected chi connectivity index (χ3v) is 5.69. The highest BCUT2D eigenvalue weighted by atomic mass is 35.5. The number of hydrogen-bond acceptors (Lipinski definition) is 8. The van der Waals surface area contributed by atoms with E-state index in [2.05, 4.69) is 13.2 Å². The molecule has 0 unspecified atom stereocenters. The summed E-state index contributed by atoms with van der Waals surface area (Å²) in [5.41, 5.74) is 0.691. The molecule has 39 heavy (non-hydrogen) atoms. The zero-order valence-electron chi connectivity index (χ0n) is 22.3. The van der Waals surface area contributed by atoms with Crippen LogP contribution in [0.4, 0.5) is 0 Å². The summed E-state index contributed by atoms with van der Waals surface area (Å²) in [6, 6.07) is 13.3. The first-order valence-corrected chi connectivity index (χ1v) is 12.9. The zero-order valence-corrected chi connectivity index (χ0v) is 23.0. The lowest BCUT2D eigenvalue weighted by Crippen LogP contribution is -2.14. The Kier molecular flexibility index (Phi) is 11.6. The SMILES string of the molecule is C=C(C)C(=O)OCCOCCOc1c2ccccc2c(OCCOCCOC(=O)C(=C)C)c2cc(Cl)ccc12. The molecular formula is C30H33ClO8. The maximum atomic E-state index is 11.4. The normalized spacial score (nSPS) is 10.8. The number of ether oxygens (including phenoxy) is 6. The van der Waals surface area contributed by atoms with Crippen molar-refractivity contribution in [1.82, 2.24) is 0 Å². The highest BCUT2D eigenvalue weighted by molar-refractivity contribution is 6.31. The lowest BCUT2D eigenvalue weighted by atomic mass is 10.0. The Morgan fingerprint density at radius 1 is 0.641 bits per heavy atom. The maximum absolute atomic E-state index is 11.4. The Balaban J connectivity index is 1.65. The third-order valence-electron chi connectivity index (χ3n) is 5.45. The molecule has 3 aromatic rings. The van der Waals surface area contributed by atoms with Crippen LogP contribution in [0.1, 0.15) is 13.8 Å². The van der Waals surface area contributed by atoms with Gasteiger partial charge in [0.2, 0.25) is 0 Å². The van der Waals surface area contributed by atoms with Crippen molar-refractivity contribution in [3.63, 3.8) is 0 Å². The van der Waals surface area contributed by atoms with Crippen LogP contribution in [0.5, 0.6) is 11.5 Å². The van der Waals surface area contributed by atoms with Crippen LogP contribution in [-0.2, 0) is 28.5 Å². The predicted molar refractivity (Wildman–Crippen MR) is 151 cm³/mol. The summed E-state index contributed by atoms with van der Waals surface area (Å²) in [4.78, 5) is 22.9. The first kappa shape index (κ1) is 30.0. The van der Waals surface area contributed by atoms with Crippen LogP contribution in [0.3, 0.4) is 0 Å². The van der Waals surface area contributed by atoms with Gasteiger partial charge in [-0.15, -0.1) is 0 Å². The molecule has 0 bridgehead atoms. The molecule has 0 aliphatic heterocycles. The van der Waals surface area contributed by atoms with Gasteiger partial charge in [0.05, 0.1) is 26.4 Å². The summed E-state index contributed by atoms with van der Waals surface area (Å²) >= 11 is 6.35. The smallest absolute Gasteiger partial charge is 0.333 e. The summed E-state index contributed by atoms with van der Waals surface area (Å²) in [6.07, 6.45) is 0. The van der Waals surface area contributed by atoms with Gasteiger partial charge in [0.25, 0.3) is 0 Å². The van der Waals surface area contributed by atoms with E-state index >= 15 is 0 Å². The van der Waals surface area contributed by atoms with Gasteiger partial charge in [-0.2, -0.15) is 0 Å². The number of halogens is 1. The number of benzene rings is 3. The topological polar surface area (TPSA) is 89.5 Å². The van der Waals surface area contributed by atoms with Crippen molar-refractivity contribution in [3.05, 3.63) is 71.8 Å². The molecule has 0 atom stereocenters. The summed E-state index contributed by atoms with van der Waals surface area (Å²) in [7, 11) is 0. The maximum Gasteiger partial charge on any atom is 0.333 e. The van der Waals surface area contributed by atoms with E-state index in [1.54, 1.807) is 19.9 Å². The van der Waals surface area contributed by atoms with E-state index in [0.717, 1.165) is 21.5 Å². The van der Waals surface area contributed by atoms with Gasteiger partial charge in [0.1, 0.15) is 37.9 Å². The van der Waals surface area contributed by atoms with Crippen LogP contribution in [0.25, 0.3) is 21.5 Å². The second-order valence-electron chi connectivity index (χ2n) is 8.65. The van der Waals surface area contributed by atoms with Crippen LogP contribution < -0.4 is 9.47 Å². The van der Waals surface area contributed by atoms with Crippen molar-refractivity contribution in [2.24, 2.45) is 0 Å². The summed E-state index contributed by atoms with van der Waals surface area (Å²) in [6.45, 7) is 12.3. The first-order valence-electron chi connectivity index (χ1n) is 12.5. The van der Waals surface area contributed by atoms with Crippen molar-refractivity contribution in [2.45, 2.75) is 13.8 Å². The molecule has 0 radical (unpaired) electrons. The van der Waals surface area contributed by atoms with E-state index in [4.69, 9.17) is 40.0 Å². The van der Waals surface area contributed by atoms with Crippen LogP contribution in [0.2, 0.25) is 5.02 Å². The van der Waals surface area contributed by atoms with E-state index in [-0.39, 0.29) is 33.0 Å². The largest absolute Gasteiger partial charge is 0.490 e. The average Bonchev–Trinajstić information content (AvgIpc) is 2.92. The van der Waals surface area contributed by atoms with Gasteiger partial charge in [-0.05, 0) is 32.0 Å². The number of esters is 2. The minimum Gasteiger partial charge on any atom is -0.490 e. The number of carbonyl (C=O) groups excluding carboxylic acids is 2. The summed E-state index contributed by atoms with van der Waals surface area (Å²) < 4.78 is 33.5. The molecule has 3 aromatic carbocycles. The van der Waals surface area contributed by atoms with E-state index in [0.29, 0.717) is 47.5 Å². The molecule has 3 rings (SSSR count). The molecule has 0 aliphatic carbocycles. The van der Waals surface area contributed by atoms with Crippen LogP contribution >= 0.6 is 11.6 Å². The van der Waals surface area contributed by atoms with Gasteiger partial charge in [-0.3, -0.25) is 0 Å². The van der Waals surface area contributed by atoms with Crippen molar-refractivity contribution >= 4 is 45.1 Å². The Hall–Kier alpha value is -3.59. The Bertz CT molecular complexity index is 1330. The van der Waals surface area contributed by atoms with Crippen molar-refractivity contribution in [1.29, 1.82) is 0 Å². The van der Waals surface area contributed by atoms with Gasteiger partial charge in [-0.25, -0.2) is 9.59 Å². The molecule has 0 fully saturated rings. The highest BCUT2D eigenvalue weighted by Crippen LogP contribution is 2.43. The molecule has 9 heteroatoms. The molecular weight excluding hydrogens is 524 g/mol. The molecule has 208 valence electrons. The van der Waals surface area contributed by atoms with Crippen LogP contribution in [0, 0.1) is 0 Å². The molecule has 8 nitrogen and oxygen atoms in total. The molecule has 0 amide bonds. The van der Waals surface area contributed by atoms with Gasteiger partial charge < -0.3 is 28.4 Å². The van der Waals surface area contributed by atoms with Crippen molar-refractivity contribution in [3.8, 4) is 11.5 Å².